The topological polar surface area (TPSA) is 12.0 Å². The van der Waals surface area contributed by atoms with Gasteiger partial charge in [-0.15, -0.1) is 0 Å². The van der Waals surface area contributed by atoms with Crippen LogP contribution in [-0.2, 0) is 0 Å². The molecule has 0 aliphatic heterocycles. The van der Waals surface area contributed by atoms with Crippen LogP contribution in [0.1, 0.15) is 31.4 Å². The maximum atomic E-state index is 12.6. The Labute approximate surface area is 152 Å². The Hall–Kier alpha value is -2.33. The van der Waals surface area contributed by atoms with Gasteiger partial charge in [-0.05, 0) is 54.3 Å². The summed E-state index contributed by atoms with van der Waals surface area (Å²) in [5.74, 6) is 0. The molecule has 2 aromatic carbocycles. The van der Waals surface area contributed by atoms with Crippen LogP contribution in [0.25, 0.3) is 10.8 Å². The lowest BCUT2D eigenvalue weighted by atomic mass is 9.99. The lowest BCUT2D eigenvalue weighted by molar-refractivity contribution is -0.0878. The Kier molecular flexibility index (Phi) is 6.81. The molecule has 0 fully saturated rings. The first kappa shape index (κ1) is 20.0. The molecule has 2 rings (SSSR count). The number of rotatable bonds is 8. The van der Waals surface area contributed by atoms with E-state index in [0.29, 0.717) is 18.5 Å². The maximum Gasteiger partial charge on any atom is 0.415 e. The number of halogens is 3. The third kappa shape index (κ3) is 5.33. The van der Waals surface area contributed by atoms with Crippen molar-refractivity contribution in [2.24, 2.45) is 0 Å². The summed E-state index contributed by atoms with van der Waals surface area (Å²) in [7, 11) is 0. The molecule has 0 aliphatic carbocycles. The normalized spacial score (nSPS) is 13.6. The van der Waals surface area contributed by atoms with Gasteiger partial charge < -0.3 is 5.32 Å². The Morgan fingerprint density at radius 2 is 1.85 bits per heavy atom. The number of alkyl halides is 3. The van der Waals surface area contributed by atoms with Crippen LogP contribution in [0.4, 0.5) is 13.2 Å². The van der Waals surface area contributed by atoms with Crippen molar-refractivity contribution in [3.05, 3.63) is 84.5 Å². The van der Waals surface area contributed by atoms with Crippen molar-refractivity contribution in [3.63, 3.8) is 0 Å². The van der Waals surface area contributed by atoms with Crippen LogP contribution < -0.4 is 5.32 Å². The molecule has 0 saturated heterocycles. The molecule has 0 radical (unpaired) electrons. The summed E-state index contributed by atoms with van der Waals surface area (Å²) in [5.41, 5.74) is 0.921. The fourth-order valence-electron chi connectivity index (χ4n) is 2.89. The number of nitrogens with one attached hydrogen (secondary N) is 1. The fourth-order valence-corrected chi connectivity index (χ4v) is 2.89. The van der Waals surface area contributed by atoms with Crippen LogP contribution in [0, 0.1) is 0 Å². The molecule has 1 N–H and O–H groups in total. The van der Waals surface area contributed by atoms with Gasteiger partial charge in [-0.1, -0.05) is 61.7 Å². The molecule has 138 valence electrons. The number of allylic oxidation sites excluding steroid dienone is 4. The van der Waals surface area contributed by atoms with Gasteiger partial charge in [-0.2, -0.15) is 13.2 Å². The first-order valence-electron chi connectivity index (χ1n) is 8.63. The molecule has 4 heteroatoms. The van der Waals surface area contributed by atoms with Gasteiger partial charge in [0.15, 0.2) is 0 Å². The summed E-state index contributed by atoms with van der Waals surface area (Å²) in [6, 6.07) is 14.6. The highest BCUT2D eigenvalue weighted by Crippen LogP contribution is 2.27. The number of hydrogen-bond acceptors (Lipinski definition) is 1. The first-order valence-corrected chi connectivity index (χ1v) is 8.63. The average Bonchev–Trinajstić information content (AvgIpc) is 2.62. The molecule has 0 aliphatic rings. The highest BCUT2D eigenvalue weighted by Gasteiger charge is 2.30. The zero-order chi connectivity index (χ0) is 19.2. The van der Waals surface area contributed by atoms with Gasteiger partial charge in [-0.3, -0.25) is 0 Å². The predicted octanol–water partition coefficient (Wildman–Crippen LogP) is 6.50. The van der Waals surface area contributed by atoms with Gasteiger partial charge >= 0.3 is 6.18 Å². The minimum absolute atomic E-state index is 0.155. The Morgan fingerprint density at radius 3 is 2.54 bits per heavy atom. The maximum absolute atomic E-state index is 12.6. The molecular formula is C22H24F3N. The van der Waals surface area contributed by atoms with Crippen LogP contribution in [-0.4, -0.2) is 12.7 Å². The summed E-state index contributed by atoms with van der Waals surface area (Å²) in [6.07, 6.45) is -0.618. The van der Waals surface area contributed by atoms with Crippen LogP contribution in [0.2, 0.25) is 0 Å². The SMILES string of the molecule is C=C/C(=C\C(=C)C(F)(F)F)CCCNC(C)c1cccc2ccccc12. The number of hydrogen-bond donors (Lipinski definition) is 1. The quantitative estimate of drug-likeness (QED) is 0.419. The summed E-state index contributed by atoms with van der Waals surface area (Å²) in [6.45, 7) is 9.47. The van der Waals surface area contributed by atoms with Crippen molar-refractivity contribution < 1.29 is 13.2 Å². The van der Waals surface area contributed by atoms with Gasteiger partial charge in [0.1, 0.15) is 0 Å². The molecule has 0 saturated carbocycles. The van der Waals surface area contributed by atoms with E-state index in [1.807, 2.05) is 18.2 Å². The summed E-state index contributed by atoms with van der Waals surface area (Å²) in [5, 5.41) is 5.85. The average molecular weight is 359 g/mol. The zero-order valence-corrected chi connectivity index (χ0v) is 14.9. The monoisotopic (exact) mass is 359 g/mol. The third-order valence-electron chi connectivity index (χ3n) is 4.37. The molecule has 26 heavy (non-hydrogen) atoms. The molecule has 1 unspecified atom stereocenters. The predicted molar refractivity (Wildman–Crippen MR) is 103 cm³/mol. The van der Waals surface area contributed by atoms with Crippen molar-refractivity contribution >= 4 is 10.8 Å². The smallest absolute Gasteiger partial charge is 0.310 e. The van der Waals surface area contributed by atoms with Crippen LogP contribution in [0.15, 0.2) is 78.9 Å². The van der Waals surface area contributed by atoms with E-state index >= 15 is 0 Å². The van der Waals surface area contributed by atoms with E-state index in [1.165, 1.54) is 22.4 Å². The standard InChI is InChI=1S/C22H24F3N/c1-4-18(15-16(2)22(23,24)25)9-8-14-26-17(3)20-13-7-11-19-10-5-6-12-21(19)20/h4-7,10-13,15,17,26H,1-2,8-9,14H2,3H3/b18-15+. The van der Waals surface area contributed by atoms with Crippen molar-refractivity contribution in [3.8, 4) is 0 Å². The van der Waals surface area contributed by atoms with Gasteiger partial charge in [-0.25, -0.2) is 0 Å². The van der Waals surface area contributed by atoms with Gasteiger partial charge in [0, 0.05) is 11.6 Å². The number of benzene rings is 2. The van der Waals surface area contributed by atoms with Crippen LogP contribution >= 0.6 is 0 Å². The molecule has 0 bridgehead atoms. The second kappa shape index (κ2) is 8.86. The van der Waals surface area contributed by atoms with E-state index in [1.54, 1.807) is 0 Å². The second-order valence-corrected chi connectivity index (χ2v) is 6.29. The molecule has 0 amide bonds. The molecule has 1 atom stereocenters. The van der Waals surface area contributed by atoms with Gasteiger partial charge in [0.05, 0.1) is 0 Å². The van der Waals surface area contributed by atoms with E-state index in [-0.39, 0.29) is 6.04 Å². The van der Waals surface area contributed by atoms with E-state index in [9.17, 15) is 13.2 Å². The second-order valence-electron chi connectivity index (χ2n) is 6.29. The summed E-state index contributed by atoms with van der Waals surface area (Å²) in [4.78, 5) is 0. The fraction of sp³-hybridized carbons (Fsp3) is 0.273. The van der Waals surface area contributed by atoms with E-state index in [4.69, 9.17) is 0 Å². The lowest BCUT2D eigenvalue weighted by Crippen LogP contribution is -2.20. The Balaban J connectivity index is 1.92. The molecule has 0 spiro atoms. The highest BCUT2D eigenvalue weighted by molar-refractivity contribution is 5.86. The Morgan fingerprint density at radius 1 is 1.15 bits per heavy atom. The van der Waals surface area contributed by atoms with Crippen LogP contribution in [0.5, 0.6) is 0 Å². The lowest BCUT2D eigenvalue weighted by Gasteiger charge is -2.17. The largest absolute Gasteiger partial charge is 0.415 e. The van der Waals surface area contributed by atoms with E-state index in [2.05, 4.69) is 49.7 Å². The molecular weight excluding hydrogens is 335 g/mol. The molecule has 2 aromatic rings. The van der Waals surface area contributed by atoms with Crippen molar-refractivity contribution in [2.75, 3.05) is 6.54 Å². The minimum Gasteiger partial charge on any atom is -0.310 e. The van der Waals surface area contributed by atoms with E-state index < -0.39 is 11.7 Å². The van der Waals surface area contributed by atoms with Crippen molar-refractivity contribution in [2.45, 2.75) is 32.0 Å². The van der Waals surface area contributed by atoms with Gasteiger partial charge in [0.2, 0.25) is 0 Å². The first-order chi connectivity index (χ1) is 12.3. The zero-order valence-electron chi connectivity index (χ0n) is 14.9. The van der Waals surface area contributed by atoms with Crippen molar-refractivity contribution in [1.29, 1.82) is 0 Å². The van der Waals surface area contributed by atoms with E-state index in [0.717, 1.165) is 12.5 Å². The minimum atomic E-state index is -4.39. The highest BCUT2D eigenvalue weighted by atomic mass is 19.4. The van der Waals surface area contributed by atoms with Crippen molar-refractivity contribution in [1.82, 2.24) is 5.32 Å². The molecule has 0 aromatic heterocycles. The Bertz CT molecular complexity index is 797. The van der Waals surface area contributed by atoms with Crippen LogP contribution in [0.3, 0.4) is 0 Å². The summed E-state index contributed by atoms with van der Waals surface area (Å²) < 4.78 is 37.7. The van der Waals surface area contributed by atoms with Gasteiger partial charge in [0.25, 0.3) is 0 Å². The summed E-state index contributed by atoms with van der Waals surface area (Å²) >= 11 is 0. The molecule has 1 nitrogen and oxygen atoms in total. The number of fused-ring (bicyclic) bond motifs is 1. The third-order valence-corrected chi connectivity index (χ3v) is 4.37. The molecule has 0 heterocycles.